The third kappa shape index (κ3) is 5.50. The molecule has 2 aromatic rings. The number of aromatic nitrogens is 1. The molecule has 162 valence electrons. The number of thiazole rings is 1. The second kappa shape index (κ2) is 9.32. The number of anilines is 1. The van der Waals surface area contributed by atoms with Gasteiger partial charge in [0, 0.05) is 30.2 Å². The molecular formula is C20H22F2N2O4S2. The van der Waals surface area contributed by atoms with Crippen LogP contribution >= 0.6 is 11.3 Å². The van der Waals surface area contributed by atoms with Crippen molar-refractivity contribution in [2.75, 3.05) is 18.2 Å². The summed E-state index contributed by atoms with van der Waals surface area (Å²) < 4.78 is 50.6. The molecule has 1 aromatic heterocycles. The van der Waals surface area contributed by atoms with E-state index in [0.717, 1.165) is 6.26 Å². The van der Waals surface area contributed by atoms with Crippen LogP contribution in [-0.2, 0) is 21.1 Å². The van der Waals surface area contributed by atoms with Crippen LogP contribution in [-0.4, -0.2) is 49.6 Å². The molecule has 30 heavy (non-hydrogen) atoms. The van der Waals surface area contributed by atoms with Crippen molar-refractivity contribution in [3.8, 4) is 0 Å². The summed E-state index contributed by atoms with van der Waals surface area (Å²) >= 11 is 1.20. The molecule has 10 heteroatoms. The Labute approximate surface area is 177 Å². The molecule has 1 unspecified atom stereocenters. The van der Waals surface area contributed by atoms with E-state index in [9.17, 15) is 22.0 Å². The number of aliphatic hydroxyl groups excluding tert-OH is 1. The lowest BCUT2D eigenvalue weighted by molar-refractivity contribution is -0.111. The number of hydrogen-bond acceptors (Lipinski definition) is 6. The Bertz CT molecular complexity index is 1030. The Morgan fingerprint density at radius 1 is 1.27 bits per heavy atom. The molecule has 1 amide bonds. The first-order chi connectivity index (χ1) is 14.2. The highest BCUT2D eigenvalue weighted by molar-refractivity contribution is 7.90. The van der Waals surface area contributed by atoms with E-state index >= 15 is 0 Å². The van der Waals surface area contributed by atoms with Crippen LogP contribution in [0.4, 0.5) is 13.9 Å². The first-order valence-electron chi connectivity index (χ1n) is 9.34. The van der Waals surface area contributed by atoms with Gasteiger partial charge in [0.1, 0.15) is 12.3 Å². The fourth-order valence-electron chi connectivity index (χ4n) is 3.28. The lowest BCUT2D eigenvalue weighted by atomic mass is 9.98. The minimum Gasteiger partial charge on any atom is -0.396 e. The van der Waals surface area contributed by atoms with Gasteiger partial charge in [0.2, 0.25) is 0 Å². The number of hydrogen-bond donors (Lipinski definition) is 2. The Morgan fingerprint density at radius 2 is 1.90 bits per heavy atom. The summed E-state index contributed by atoms with van der Waals surface area (Å²) in [5.74, 6) is -0.962. The quantitative estimate of drug-likeness (QED) is 0.624. The van der Waals surface area contributed by atoms with Crippen molar-refractivity contribution in [3.63, 3.8) is 0 Å². The highest BCUT2D eigenvalue weighted by Gasteiger charge is 2.34. The number of alkyl halides is 2. The van der Waals surface area contributed by atoms with Gasteiger partial charge in [0.05, 0.1) is 10.6 Å². The van der Waals surface area contributed by atoms with Gasteiger partial charge in [0.15, 0.2) is 15.0 Å². The van der Waals surface area contributed by atoms with Gasteiger partial charge in [-0.25, -0.2) is 22.2 Å². The predicted molar refractivity (Wildman–Crippen MR) is 112 cm³/mol. The number of benzene rings is 1. The molecule has 1 aliphatic carbocycles. The first-order valence-corrected chi connectivity index (χ1v) is 12.1. The summed E-state index contributed by atoms with van der Waals surface area (Å²) in [6, 6.07) is 5.77. The molecule has 1 heterocycles. The molecule has 0 aliphatic heterocycles. The van der Waals surface area contributed by atoms with Gasteiger partial charge in [-0.15, -0.1) is 11.3 Å². The number of nitrogens with one attached hydrogen (secondary N) is 1. The maximum atomic E-state index is 13.6. The Hall–Kier alpha value is -2.17. The molecule has 0 bridgehead atoms. The lowest BCUT2D eigenvalue weighted by Crippen LogP contribution is -2.15. The third-order valence-corrected chi connectivity index (χ3v) is 6.76. The van der Waals surface area contributed by atoms with Gasteiger partial charge in [-0.1, -0.05) is 18.2 Å². The molecule has 3 atom stereocenters. The van der Waals surface area contributed by atoms with E-state index in [1.807, 2.05) is 0 Å². The SMILES string of the molecule is CS(=O)(=O)c1ccc(/C(=C\C2C[C@@H](F)[C@@H](F)C2)C(=O)Nc2nc(CCO)cs2)cc1. The van der Waals surface area contributed by atoms with E-state index in [1.54, 1.807) is 11.5 Å². The average Bonchev–Trinajstić information content (AvgIpc) is 3.25. The molecule has 1 fully saturated rings. The van der Waals surface area contributed by atoms with Crippen LogP contribution in [0.3, 0.4) is 0 Å². The van der Waals surface area contributed by atoms with Gasteiger partial charge in [0.25, 0.3) is 5.91 Å². The number of rotatable bonds is 7. The van der Waals surface area contributed by atoms with Crippen molar-refractivity contribution in [2.45, 2.75) is 36.5 Å². The summed E-state index contributed by atoms with van der Waals surface area (Å²) in [6.07, 6.45) is -0.182. The largest absolute Gasteiger partial charge is 0.396 e. The van der Waals surface area contributed by atoms with E-state index in [-0.39, 0.29) is 29.9 Å². The maximum absolute atomic E-state index is 13.6. The molecule has 2 N–H and O–H groups in total. The summed E-state index contributed by atoms with van der Waals surface area (Å²) in [6.45, 7) is -0.0641. The lowest BCUT2D eigenvalue weighted by Gasteiger charge is -2.11. The second-order valence-electron chi connectivity index (χ2n) is 7.21. The van der Waals surface area contributed by atoms with E-state index in [0.29, 0.717) is 22.8 Å². The highest BCUT2D eigenvalue weighted by Crippen LogP contribution is 2.34. The summed E-state index contributed by atoms with van der Waals surface area (Å²) in [7, 11) is -3.40. The average molecular weight is 457 g/mol. The molecule has 6 nitrogen and oxygen atoms in total. The number of sulfone groups is 1. The second-order valence-corrected chi connectivity index (χ2v) is 10.1. The highest BCUT2D eigenvalue weighted by atomic mass is 32.2. The minimum absolute atomic E-state index is 0.0166. The number of amides is 1. The van der Waals surface area contributed by atoms with Crippen molar-refractivity contribution in [3.05, 3.63) is 47.0 Å². The number of carbonyl (C=O) groups is 1. The van der Waals surface area contributed by atoms with Crippen LogP contribution in [0.15, 0.2) is 40.6 Å². The fraction of sp³-hybridized carbons (Fsp3) is 0.400. The van der Waals surface area contributed by atoms with Crippen molar-refractivity contribution >= 4 is 37.8 Å². The van der Waals surface area contributed by atoms with Crippen LogP contribution in [0.25, 0.3) is 5.57 Å². The zero-order valence-corrected chi connectivity index (χ0v) is 17.8. The van der Waals surface area contributed by atoms with Crippen LogP contribution in [0.5, 0.6) is 0 Å². The van der Waals surface area contributed by atoms with E-state index in [1.165, 1.54) is 35.6 Å². The van der Waals surface area contributed by atoms with Crippen molar-refractivity contribution < 1.29 is 27.1 Å². The first kappa shape index (κ1) is 22.5. The number of aliphatic hydroxyl groups is 1. The molecule has 0 spiro atoms. The smallest absolute Gasteiger partial charge is 0.257 e. The van der Waals surface area contributed by atoms with Crippen molar-refractivity contribution in [1.82, 2.24) is 4.98 Å². The zero-order valence-electron chi connectivity index (χ0n) is 16.2. The fourth-order valence-corrected chi connectivity index (χ4v) is 4.65. The standard InChI is InChI=1S/C20H22F2N2O4S2/c1-30(27,28)15-4-2-13(3-5-15)16(8-12-9-17(21)18(22)10-12)19(26)24-20-23-14(6-7-25)11-29-20/h2-5,8,11-12,17-18,25H,6-7,9-10H2,1H3,(H,23,24,26)/b16-8+/t12?,17-,18+. The Balaban J connectivity index is 1.89. The summed E-state index contributed by atoms with van der Waals surface area (Å²) in [4.78, 5) is 17.3. The monoisotopic (exact) mass is 456 g/mol. The number of allylic oxidation sites excluding steroid dienone is 1. The number of nitrogens with zero attached hydrogens (tertiary/aromatic N) is 1. The zero-order chi connectivity index (χ0) is 21.9. The Kier molecular flexibility index (Phi) is 6.99. The van der Waals surface area contributed by atoms with Crippen molar-refractivity contribution in [1.29, 1.82) is 0 Å². The van der Waals surface area contributed by atoms with Crippen LogP contribution < -0.4 is 5.32 Å². The van der Waals surface area contributed by atoms with Gasteiger partial charge < -0.3 is 5.11 Å². The van der Waals surface area contributed by atoms with Crippen LogP contribution in [0.2, 0.25) is 0 Å². The summed E-state index contributed by atoms with van der Waals surface area (Å²) in [5.41, 5.74) is 1.27. The topological polar surface area (TPSA) is 96.4 Å². The molecule has 3 rings (SSSR count). The normalized spacial score (nSPS) is 22.3. The molecule has 1 aliphatic rings. The third-order valence-electron chi connectivity index (χ3n) is 4.83. The van der Waals surface area contributed by atoms with E-state index in [4.69, 9.17) is 5.11 Å². The Morgan fingerprint density at radius 3 is 2.47 bits per heavy atom. The molecule has 1 saturated carbocycles. The van der Waals surface area contributed by atoms with Gasteiger partial charge in [-0.2, -0.15) is 0 Å². The van der Waals surface area contributed by atoms with Crippen molar-refractivity contribution in [2.24, 2.45) is 5.92 Å². The van der Waals surface area contributed by atoms with Crippen LogP contribution in [0.1, 0.15) is 24.1 Å². The summed E-state index contributed by atoms with van der Waals surface area (Å²) in [5, 5.41) is 13.7. The molecule has 0 radical (unpaired) electrons. The van der Waals surface area contributed by atoms with E-state index < -0.39 is 34.0 Å². The molecule has 0 saturated heterocycles. The van der Waals surface area contributed by atoms with E-state index in [2.05, 4.69) is 10.3 Å². The van der Waals surface area contributed by atoms with Gasteiger partial charge >= 0.3 is 0 Å². The van der Waals surface area contributed by atoms with Crippen LogP contribution in [0, 0.1) is 5.92 Å². The minimum atomic E-state index is -3.40. The number of carbonyl (C=O) groups excluding carboxylic acids is 1. The molecule has 1 aromatic carbocycles. The molecular weight excluding hydrogens is 434 g/mol. The van der Waals surface area contributed by atoms with Gasteiger partial charge in [-0.05, 0) is 36.5 Å². The number of halogens is 2. The maximum Gasteiger partial charge on any atom is 0.257 e. The van der Waals surface area contributed by atoms with Gasteiger partial charge in [-0.3, -0.25) is 10.1 Å². The predicted octanol–water partition coefficient (Wildman–Crippen LogP) is 3.19.